The van der Waals surface area contributed by atoms with E-state index in [0.717, 1.165) is 6.07 Å². The zero-order valence-corrected chi connectivity index (χ0v) is 18.2. The van der Waals surface area contributed by atoms with E-state index < -0.39 is 27.7 Å². The molecule has 2 fully saturated rings. The Bertz CT molecular complexity index is 1060. The van der Waals surface area contributed by atoms with Gasteiger partial charge in [-0.05, 0) is 30.5 Å². The highest BCUT2D eigenvalue weighted by molar-refractivity contribution is 7.99. The van der Waals surface area contributed by atoms with E-state index in [-0.39, 0.29) is 28.7 Å². The summed E-state index contributed by atoms with van der Waals surface area (Å²) in [4.78, 5) is 17.2. The van der Waals surface area contributed by atoms with Gasteiger partial charge in [-0.1, -0.05) is 18.2 Å². The van der Waals surface area contributed by atoms with Crippen molar-refractivity contribution in [3.05, 3.63) is 53.3 Å². The van der Waals surface area contributed by atoms with Crippen LogP contribution in [0.5, 0.6) is 0 Å². The van der Waals surface area contributed by atoms with Crippen molar-refractivity contribution in [3.63, 3.8) is 0 Å². The first kappa shape index (κ1) is 22.2. The smallest absolute Gasteiger partial charge is 0.356 e. The number of hydrogen-bond donors (Lipinski definition) is 1. The maximum absolute atomic E-state index is 13.4. The molecule has 31 heavy (non-hydrogen) atoms. The van der Waals surface area contributed by atoms with Crippen LogP contribution in [0.2, 0.25) is 0 Å². The predicted molar refractivity (Wildman–Crippen MR) is 111 cm³/mol. The van der Waals surface area contributed by atoms with Crippen LogP contribution in [0, 0.1) is 0 Å². The first-order valence-corrected chi connectivity index (χ1v) is 12.5. The predicted octanol–water partition coefficient (Wildman–Crippen LogP) is 3.58. The van der Waals surface area contributed by atoms with Gasteiger partial charge in [-0.25, -0.2) is 8.42 Å². The number of aromatic amines is 1. The first-order valence-electron chi connectivity index (χ1n) is 9.90. The van der Waals surface area contributed by atoms with Gasteiger partial charge in [0.1, 0.15) is 10.6 Å². The topological polar surface area (TPSA) is 73.5 Å². The standard InChI is InChI=1S/C20H22F3N3O3S2/c21-20(22,23)17-4-2-1-3-14(17)13-26(15-5-6-15)19(27)18-11-16(12-24-18)31(28,29)25-7-9-30-10-8-25/h1-4,11-12,15,24H,5-10,13H2. The van der Waals surface area contributed by atoms with Gasteiger partial charge < -0.3 is 9.88 Å². The molecule has 1 N–H and O–H groups in total. The third-order valence-corrected chi connectivity index (χ3v) is 8.23. The van der Waals surface area contributed by atoms with Gasteiger partial charge in [0.15, 0.2) is 0 Å². The summed E-state index contributed by atoms with van der Waals surface area (Å²) in [7, 11) is -3.72. The Balaban J connectivity index is 1.57. The fourth-order valence-corrected chi connectivity index (χ4v) is 6.18. The third-order valence-electron chi connectivity index (χ3n) is 5.41. The SMILES string of the molecule is O=C(c1cc(S(=O)(=O)N2CCSCC2)c[nH]1)N(Cc1ccccc1C(F)(F)F)C1CC1. The van der Waals surface area contributed by atoms with E-state index in [2.05, 4.69) is 4.98 Å². The first-order chi connectivity index (χ1) is 14.7. The number of halogens is 3. The highest BCUT2D eigenvalue weighted by Crippen LogP contribution is 2.35. The molecule has 0 radical (unpaired) electrons. The van der Waals surface area contributed by atoms with Crippen molar-refractivity contribution in [2.75, 3.05) is 24.6 Å². The Kier molecular flexibility index (Phi) is 6.10. The average Bonchev–Trinajstić information content (AvgIpc) is 3.46. The van der Waals surface area contributed by atoms with Crippen LogP contribution in [0.15, 0.2) is 41.4 Å². The van der Waals surface area contributed by atoms with E-state index in [1.165, 1.54) is 39.7 Å². The molecule has 1 saturated heterocycles. The van der Waals surface area contributed by atoms with Crippen LogP contribution < -0.4 is 0 Å². The normalized spacial score (nSPS) is 18.2. The summed E-state index contributed by atoms with van der Waals surface area (Å²) in [5, 5.41) is 0. The lowest BCUT2D eigenvalue weighted by atomic mass is 10.1. The summed E-state index contributed by atoms with van der Waals surface area (Å²) in [6, 6.07) is 6.32. The van der Waals surface area contributed by atoms with Crippen molar-refractivity contribution in [2.24, 2.45) is 0 Å². The van der Waals surface area contributed by atoms with E-state index in [0.29, 0.717) is 37.4 Å². The Morgan fingerprint density at radius 2 is 1.87 bits per heavy atom. The Morgan fingerprint density at radius 1 is 1.19 bits per heavy atom. The molecule has 1 saturated carbocycles. The summed E-state index contributed by atoms with van der Waals surface area (Å²) in [6.45, 7) is 0.622. The quantitative estimate of drug-likeness (QED) is 0.696. The molecule has 2 heterocycles. The average molecular weight is 474 g/mol. The number of alkyl halides is 3. The Labute approximate surface area is 182 Å². The molecular weight excluding hydrogens is 451 g/mol. The number of benzene rings is 1. The summed E-state index contributed by atoms with van der Waals surface area (Å²) in [5.41, 5.74) is -0.701. The van der Waals surface area contributed by atoms with Crippen LogP contribution in [0.4, 0.5) is 13.2 Å². The van der Waals surface area contributed by atoms with Crippen LogP contribution in [0.3, 0.4) is 0 Å². The number of hydrogen-bond acceptors (Lipinski definition) is 4. The van der Waals surface area contributed by atoms with Gasteiger partial charge in [-0.2, -0.15) is 29.2 Å². The number of carbonyl (C=O) groups is 1. The minimum Gasteiger partial charge on any atom is -0.356 e. The number of amides is 1. The van der Waals surface area contributed by atoms with Crippen molar-refractivity contribution in [1.82, 2.24) is 14.2 Å². The molecule has 1 aromatic carbocycles. The number of carbonyl (C=O) groups excluding carboxylic acids is 1. The highest BCUT2D eigenvalue weighted by atomic mass is 32.2. The van der Waals surface area contributed by atoms with Crippen molar-refractivity contribution in [3.8, 4) is 0 Å². The van der Waals surface area contributed by atoms with Crippen molar-refractivity contribution in [1.29, 1.82) is 0 Å². The number of rotatable bonds is 6. The number of thioether (sulfide) groups is 1. The molecule has 6 nitrogen and oxygen atoms in total. The largest absolute Gasteiger partial charge is 0.416 e. The number of nitrogens with one attached hydrogen (secondary N) is 1. The molecular formula is C20H22F3N3O3S2. The highest BCUT2D eigenvalue weighted by Gasteiger charge is 2.38. The molecule has 168 valence electrons. The van der Waals surface area contributed by atoms with Crippen molar-refractivity contribution >= 4 is 27.7 Å². The lowest BCUT2D eigenvalue weighted by Gasteiger charge is -2.25. The second-order valence-corrected chi connectivity index (χ2v) is 10.7. The summed E-state index contributed by atoms with van der Waals surface area (Å²) in [6.07, 6.45) is -1.83. The molecule has 0 spiro atoms. The molecule has 11 heteroatoms. The third kappa shape index (κ3) is 4.78. The van der Waals surface area contributed by atoms with Crippen molar-refractivity contribution in [2.45, 2.75) is 36.5 Å². The van der Waals surface area contributed by atoms with E-state index in [1.54, 1.807) is 11.8 Å². The summed E-state index contributed by atoms with van der Waals surface area (Å²) >= 11 is 1.68. The van der Waals surface area contributed by atoms with E-state index in [4.69, 9.17) is 0 Å². The molecule has 0 unspecified atom stereocenters. The molecule has 1 aliphatic heterocycles. The fraction of sp³-hybridized carbons (Fsp3) is 0.450. The van der Waals surface area contributed by atoms with E-state index >= 15 is 0 Å². The number of sulfonamides is 1. The van der Waals surface area contributed by atoms with E-state index in [9.17, 15) is 26.4 Å². The van der Waals surface area contributed by atoms with Gasteiger partial charge >= 0.3 is 6.18 Å². The van der Waals surface area contributed by atoms with Crippen LogP contribution >= 0.6 is 11.8 Å². The van der Waals surface area contributed by atoms with Crippen LogP contribution in [0.1, 0.15) is 34.5 Å². The fourth-order valence-electron chi connectivity index (χ4n) is 3.61. The molecule has 1 amide bonds. The van der Waals surface area contributed by atoms with Gasteiger partial charge in [0.2, 0.25) is 10.0 Å². The lowest BCUT2D eigenvalue weighted by molar-refractivity contribution is -0.138. The molecule has 4 rings (SSSR count). The van der Waals surface area contributed by atoms with Gasteiger partial charge in [-0.3, -0.25) is 4.79 Å². The summed E-state index contributed by atoms with van der Waals surface area (Å²) in [5.74, 6) is 0.919. The van der Waals surface area contributed by atoms with E-state index in [1.807, 2.05) is 0 Å². The molecule has 1 aliphatic carbocycles. The van der Waals surface area contributed by atoms with Gasteiger partial charge in [0.25, 0.3) is 5.91 Å². The maximum Gasteiger partial charge on any atom is 0.416 e. The maximum atomic E-state index is 13.4. The monoisotopic (exact) mass is 473 g/mol. The van der Waals surface area contributed by atoms with Crippen molar-refractivity contribution < 1.29 is 26.4 Å². The van der Waals surface area contributed by atoms with Crippen LogP contribution in [-0.2, 0) is 22.7 Å². The second-order valence-electron chi connectivity index (χ2n) is 7.58. The number of H-pyrrole nitrogens is 1. The molecule has 2 aliphatic rings. The van der Waals surface area contributed by atoms with Gasteiger partial charge in [-0.15, -0.1) is 0 Å². The zero-order chi connectivity index (χ0) is 22.2. The zero-order valence-electron chi connectivity index (χ0n) is 16.6. The minimum absolute atomic E-state index is 0.00538. The second kappa shape index (κ2) is 8.51. The van der Waals surface area contributed by atoms with Gasteiger partial charge in [0.05, 0.1) is 5.56 Å². The minimum atomic E-state index is -4.52. The molecule has 0 bridgehead atoms. The van der Waals surface area contributed by atoms with Crippen LogP contribution in [0.25, 0.3) is 0 Å². The Hall–Kier alpha value is -1.98. The number of nitrogens with zero attached hydrogens (tertiary/aromatic N) is 2. The molecule has 1 aromatic heterocycles. The van der Waals surface area contributed by atoms with Gasteiger partial charge in [0, 0.05) is 43.4 Å². The number of aromatic nitrogens is 1. The molecule has 0 atom stereocenters. The summed E-state index contributed by atoms with van der Waals surface area (Å²) < 4.78 is 67.2. The Morgan fingerprint density at radius 3 is 2.52 bits per heavy atom. The lowest BCUT2D eigenvalue weighted by Crippen LogP contribution is -2.37. The molecule has 2 aromatic rings. The van der Waals surface area contributed by atoms with Crippen LogP contribution in [-0.4, -0.2) is 59.2 Å².